The minimum Gasteiger partial charge on any atom is -0.380 e. The first-order chi connectivity index (χ1) is 8.19. The summed E-state index contributed by atoms with van der Waals surface area (Å²) in [4.78, 5) is 2.64. The minimum absolute atomic E-state index is 0.442. The third kappa shape index (κ3) is 3.24. The van der Waals surface area contributed by atoms with E-state index in [9.17, 15) is 0 Å². The van der Waals surface area contributed by atoms with Crippen LogP contribution in [0.2, 0.25) is 0 Å². The molecular weight excluding hydrogens is 278 g/mol. The molecule has 1 saturated carbocycles. The molecule has 100 valence electrons. The predicted octanol–water partition coefficient (Wildman–Crippen LogP) is 3.30. The number of alkyl halides is 1. The predicted molar refractivity (Wildman–Crippen MR) is 75.7 cm³/mol. The highest BCUT2D eigenvalue weighted by molar-refractivity contribution is 9.09. The van der Waals surface area contributed by atoms with Gasteiger partial charge in [-0.3, -0.25) is 0 Å². The molecule has 0 spiro atoms. The smallest absolute Gasteiger partial charge is 0.0724 e. The van der Waals surface area contributed by atoms with Gasteiger partial charge in [-0.05, 0) is 37.1 Å². The van der Waals surface area contributed by atoms with Crippen LogP contribution in [0.15, 0.2) is 0 Å². The average molecular weight is 304 g/mol. The van der Waals surface area contributed by atoms with Gasteiger partial charge in [-0.15, -0.1) is 0 Å². The summed E-state index contributed by atoms with van der Waals surface area (Å²) in [5.74, 6) is 0.722. The van der Waals surface area contributed by atoms with Crippen LogP contribution in [0.25, 0.3) is 0 Å². The van der Waals surface area contributed by atoms with E-state index >= 15 is 0 Å². The Hall–Kier alpha value is 0.400. The quantitative estimate of drug-likeness (QED) is 0.739. The van der Waals surface area contributed by atoms with Crippen LogP contribution < -0.4 is 0 Å². The van der Waals surface area contributed by atoms with Crippen molar-refractivity contribution in [3.05, 3.63) is 0 Å². The number of hydrogen-bond donors (Lipinski definition) is 0. The van der Waals surface area contributed by atoms with Gasteiger partial charge in [0.15, 0.2) is 0 Å². The zero-order valence-corrected chi connectivity index (χ0v) is 12.8. The maximum absolute atomic E-state index is 5.61. The summed E-state index contributed by atoms with van der Waals surface area (Å²) < 4.78 is 5.61. The number of ether oxygens (including phenoxy) is 1. The summed E-state index contributed by atoms with van der Waals surface area (Å²) in [6.07, 6.45) is 7.38. The molecule has 0 aromatic carbocycles. The number of hydrogen-bond acceptors (Lipinski definition) is 2. The zero-order valence-electron chi connectivity index (χ0n) is 11.3. The molecule has 0 aromatic rings. The van der Waals surface area contributed by atoms with Crippen LogP contribution in [0.3, 0.4) is 0 Å². The Labute approximate surface area is 114 Å². The molecular formula is C14H26BrNO. The van der Waals surface area contributed by atoms with E-state index in [1.54, 1.807) is 0 Å². The molecule has 17 heavy (non-hydrogen) atoms. The van der Waals surface area contributed by atoms with Crippen LogP contribution in [-0.4, -0.2) is 43.1 Å². The SMILES string of the molecule is COC1CN(CC2(CBr)CCCC2)CCC1C. The Bertz CT molecular complexity index is 240. The van der Waals surface area contributed by atoms with Gasteiger partial charge >= 0.3 is 0 Å². The van der Waals surface area contributed by atoms with Gasteiger partial charge in [0.25, 0.3) is 0 Å². The van der Waals surface area contributed by atoms with Crippen molar-refractivity contribution in [2.24, 2.45) is 11.3 Å². The van der Waals surface area contributed by atoms with Gasteiger partial charge in [-0.25, -0.2) is 0 Å². The number of rotatable bonds is 4. The zero-order chi connectivity index (χ0) is 12.3. The molecule has 0 N–H and O–H groups in total. The fourth-order valence-corrected chi connectivity index (χ4v) is 4.22. The molecule has 0 amide bonds. The highest BCUT2D eigenvalue weighted by atomic mass is 79.9. The minimum atomic E-state index is 0.442. The maximum atomic E-state index is 5.61. The fraction of sp³-hybridized carbons (Fsp3) is 1.00. The topological polar surface area (TPSA) is 12.5 Å². The van der Waals surface area contributed by atoms with Gasteiger partial charge < -0.3 is 9.64 Å². The van der Waals surface area contributed by atoms with E-state index in [1.165, 1.54) is 50.5 Å². The molecule has 2 nitrogen and oxygen atoms in total. The van der Waals surface area contributed by atoms with Crippen molar-refractivity contribution in [1.82, 2.24) is 4.90 Å². The van der Waals surface area contributed by atoms with Crippen molar-refractivity contribution < 1.29 is 4.74 Å². The van der Waals surface area contributed by atoms with E-state index in [2.05, 4.69) is 27.8 Å². The standard InChI is InChI=1S/C14H26BrNO/c1-12-5-8-16(9-13(12)17-2)11-14(10-15)6-3-4-7-14/h12-13H,3-11H2,1-2H3. The Morgan fingerprint density at radius 1 is 1.35 bits per heavy atom. The monoisotopic (exact) mass is 303 g/mol. The second-order valence-electron chi connectivity index (χ2n) is 6.12. The van der Waals surface area contributed by atoms with Crippen LogP contribution in [0.4, 0.5) is 0 Å². The van der Waals surface area contributed by atoms with Gasteiger partial charge in [0, 0.05) is 25.5 Å². The molecule has 1 heterocycles. The van der Waals surface area contributed by atoms with Crippen LogP contribution in [-0.2, 0) is 4.74 Å². The molecule has 2 aliphatic rings. The largest absolute Gasteiger partial charge is 0.380 e. The summed E-state index contributed by atoms with van der Waals surface area (Å²) in [6, 6.07) is 0. The fourth-order valence-electron chi connectivity index (χ4n) is 3.48. The number of methoxy groups -OCH3 is 1. The van der Waals surface area contributed by atoms with E-state index < -0.39 is 0 Å². The molecule has 2 unspecified atom stereocenters. The van der Waals surface area contributed by atoms with Crippen LogP contribution in [0, 0.1) is 11.3 Å². The van der Waals surface area contributed by atoms with Crippen molar-refractivity contribution in [2.75, 3.05) is 32.1 Å². The Kier molecular flexibility index (Phi) is 4.90. The van der Waals surface area contributed by atoms with Gasteiger partial charge in [-0.2, -0.15) is 0 Å². The summed E-state index contributed by atoms with van der Waals surface area (Å²) in [5.41, 5.74) is 0.554. The van der Waals surface area contributed by atoms with Crippen molar-refractivity contribution >= 4 is 15.9 Å². The molecule has 1 aliphatic heterocycles. The lowest BCUT2D eigenvalue weighted by atomic mass is 9.86. The van der Waals surface area contributed by atoms with E-state index in [0.29, 0.717) is 11.5 Å². The number of halogens is 1. The Morgan fingerprint density at radius 3 is 2.65 bits per heavy atom. The van der Waals surface area contributed by atoms with Crippen LogP contribution in [0.5, 0.6) is 0 Å². The van der Waals surface area contributed by atoms with E-state index in [0.717, 1.165) is 12.5 Å². The van der Waals surface area contributed by atoms with Crippen molar-refractivity contribution in [3.8, 4) is 0 Å². The van der Waals surface area contributed by atoms with Gasteiger partial charge in [0.2, 0.25) is 0 Å². The van der Waals surface area contributed by atoms with Crippen LogP contribution >= 0.6 is 15.9 Å². The first-order valence-corrected chi connectivity index (χ1v) is 8.12. The van der Waals surface area contributed by atoms with Crippen molar-refractivity contribution in [2.45, 2.75) is 45.1 Å². The van der Waals surface area contributed by atoms with Crippen LogP contribution in [0.1, 0.15) is 39.0 Å². The highest BCUT2D eigenvalue weighted by Gasteiger charge is 2.36. The van der Waals surface area contributed by atoms with E-state index in [4.69, 9.17) is 4.74 Å². The first kappa shape index (κ1) is 13.8. The number of piperidine rings is 1. The average Bonchev–Trinajstić information content (AvgIpc) is 2.81. The first-order valence-electron chi connectivity index (χ1n) is 7.00. The lowest BCUT2D eigenvalue weighted by Crippen LogP contribution is -2.48. The molecule has 2 atom stereocenters. The highest BCUT2D eigenvalue weighted by Crippen LogP contribution is 2.40. The summed E-state index contributed by atoms with van der Waals surface area (Å²) >= 11 is 3.75. The molecule has 0 radical (unpaired) electrons. The lowest BCUT2D eigenvalue weighted by molar-refractivity contribution is -0.0154. The molecule has 0 bridgehead atoms. The number of nitrogens with zero attached hydrogens (tertiary/aromatic N) is 1. The van der Waals surface area contributed by atoms with Gasteiger partial charge in [0.05, 0.1) is 6.10 Å². The number of likely N-dealkylation sites (tertiary alicyclic amines) is 1. The Morgan fingerprint density at radius 2 is 2.06 bits per heavy atom. The van der Waals surface area contributed by atoms with E-state index in [-0.39, 0.29) is 0 Å². The molecule has 0 aromatic heterocycles. The molecule has 1 aliphatic carbocycles. The lowest BCUT2D eigenvalue weighted by Gasteiger charge is -2.41. The molecule has 1 saturated heterocycles. The maximum Gasteiger partial charge on any atom is 0.0724 e. The molecule has 2 fully saturated rings. The normalized spacial score (nSPS) is 34.1. The summed E-state index contributed by atoms with van der Waals surface area (Å²) in [5, 5.41) is 1.17. The second kappa shape index (κ2) is 6.03. The molecule has 3 heteroatoms. The van der Waals surface area contributed by atoms with Gasteiger partial charge in [0.1, 0.15) is 0 Å². The van der Waals surface area contributed by atoms with Crippen molar-refractivity contribution in [1.29, 1.82) is 0 Å². The summed E-state index contributed by atoms with van der Waals surface area (Å²) in [6.45, 7) is 5.98. The Balaban J connectivity index is 1.90. The van der Waals surface area contributed by atoms with Crippen molar-refractivity contribution in [3.63, 3.8) is 0 Å². The third-order valence-corrected chi connectivity index (χ3v) is 5.97. The van der Waals surface area contributed by atoms with Gasteiger partial charge in [-0.1, -0.05) is 35.7 Å². The summed E-state index contributed by atoms with van der Waals surface area (Å²) in [7, 11) is 1.86. The third-order valence-electron chi connectivity index (χ3n) is 4.78. The second-order valence-corrected chi connectivity index (χ2v) is 6.68. The van der Waals surface area contributed by atoms with E-state index in [1.807, 2.05) is 7.11 Å². The molecule has 2 rings (SSSR count).